The monoisotopic (exact) mass is 249 g/mol. The number of hydrogen-bond acceptors (Lipinski definition) is 2. The van der Waals surface area contributed by atoms with Crippen molar-refractivity contribution in [2.24, 2.45) is 0 Å². The van der Waals surface area contributed by atoms with E-state index in [4.69, 9.17) is 4.74 Å². The summed E-state index contributed by atoms with van der Waals surface area (Å²) in [7, 11) is 0. The van der Waals surface area contributed by atoms with Gasteiger partial charge in [0.25, 0.3) is 0 Å². The molecule has 102 valence electrons. The van der Waals surface area contributed by atoms with Gasteiger partial charge in [-0.2, -0.15) is 0 Å². The van der Waals surface area contributed by atoms with Crippen molar-refractivity contribution in [1.29, 1.82) is 0 Å². The number of rotatable bonds is 8. The lowest BCUT2D eigenvalue weighted by Crippen LogP contribution is -2.25. The first-order chi connectivity index (χ1) is 8.67. The van der Waals surface area contributed by atoms with Crippen LogP contribution in [-0.4, -0.2) is 19.2 Å². The molecule has 0 amide bonds. The van der Waals surface area contributed by atoms with Crippen LogP contribution in [0.2, 0.25) is 0 Å². The molecule has 0 aliphatic carbocycles. The van der Waals surface area contributed by atoms with Crippen LogP contribution in [0.25, 0.3) is 0 Å². The molecule has 0 saturated carbocycles. The maximum atomic E-state index is 6.16. The SMILES string of the molecule is CCCC(C)OC(CNCC)c1ccc(C)cc1. The summed E-state index contributed by atoms with van der Waals surface area (Å²) in [5.74, 6) is 0. The van der Waals surface area contributed by atoms with Crippen LogP contribution >= 0.6 is 0 Å². The van der Waals surface area contributed by atoms with Crippen LogP contribution in [0.4, 0.5) is 0 Å². The number of nitrogens with one attached hydrogen (secondary N) is 1. The first-order valence-corrected chi connectivity index (χ1v) is 7.10. The Morgan fingerprint density at radius 1 is 1.17 bits per heavy atom. The standard InChI is InChI=1S/C16H27NO/c1-5-7-14(4)18-16(12-17-6-2)15-10-8-13(3)9-11-15/h8-11,14,16-17H,5-7,12H2,1-4H3. The summed E-state index contributed by atoms with van der Waals surface area (Å²) in [6.07, 6.45) is 2.77. The third-order valence-electron chi connectivity index (χ3n) is 3.12. The van der Waals surface area contributed by atoms with Gasteiger partial charge < -0.3 is 10.1 Å². The Morgan fingerprint density at radius 2 is 1.83 bits per heavy atom. The molecule has 0 fully saturated rings. The van der Waals surface area contributed by atoms with E-state index in [0.29, 0.717) is 6.10 Å². The van der Waals surface area contributed by atoms with Gasteiger partial charge in [-0.05, 0) is 32.4 Å². The molecule has 0 radical (unpaired) electrons. The van der Waals surface area contributed by atoms with Crippen LogP contribution < -0.4 is 5.32 Å². The van der Waals surface area contributed by atoms with Crippen molar-refractivity contribution in [2.75, 3.05) is 13.1 Å². The summed E-state index contributed by atoms with van der Waals surface area (Å²) >= 11 is 0. The number of hydrogen-bond donors (Lipinski definition) is 1. The Kier molecular flexibility index (Phi) is 6.99. The first kappa shape index (κ1) is 15.2. The molecule has 1 aromatic rings. The van der Waals surface area contributed by atoms with Gasteiger partial charge in [-0.1, -0.05) is 50.1 Å². The van der Waals surface area contributed by atoms with Gasteiger partial charge in [-0.3, -0.25) is 0 Å². The Hall–Kier alpha value is -0.860. The minimum Gasteiger partial charge on any atom is -0.369 e. The molecular weight excluding hydrogens is 222 g/mol. The summed E-state index contributed by atoms with van der Waals surface area (Å²) in [6, 6.07) is 8.66. The molecule has 2 atom stereocenters. The van der Waals surface area contributed by atoms with Gasteiger partial charge in [-0.25, -0.2) is 0 Å². The lowest BCUT2D eigenvalue weighted by atomic mass is 10.1. The molecule has 2 nitrogen and oxygen atoms in total. The second-order valence-corrected chi connectivity index (χ2v) is 4.94. The van der Waals surface area contributed by atoms with Gasteiger partial charge in [0.1, 0.15) is 0 Å². The van der Waals surface area contributed by atoms with Crippen LogP contribution in [0.1, 0.15) is 50.8 Å². The van der Waals surface area contributed by atoms with Gasteiger partial charge in [0.15, 0.2) is 0 Å². The molecule has 2 unspecified atom stereocenters. The highest BCUT2D eigenvalue weighted by Gasteiger charge is 2.14. The third-order valence-corrected chi connectivity index (χ3v) is 3.12. The average Bonchev–Trinajstić information content (AvgIpc) is 2.36. The molecule has 1 aromatic carbocycles. The predicted octanol–water partition coefficient (Wildman–Crippen LogP) is 3.85. The summed E-state index contributed by atoms with van der Waals surface area (Å²) < 4.78 is 6.16. The third kappa shape index (κ3) is 5.19. The van der Waals surface area contributed by atoms with Crippen LogP contribution in [0.3, 0.4) is 0 Å². The van der Waals surface area contributed by atoms with Gasteiger partial charge in [-0.15, -0.1) is 0 Å². The molecule has 0 heterocycles. The van der Waals surface area contributed by atoms with E-state index in [1.807, 2.05) is 0 Å². The zero-order valence-electron chi connectivity index (χ0n) is 12.2. The van der Waals surface area contributed by atoms with E-state index in [1.54, 1.807) is 0 Å². The molecular formula is C16H27NO. The second-order valence-electron chi connectivity index (χ2n) is 4.94. The highest BCUT2D eigenvalue weighted by atomic mass is 16.5. The van der Waals surface area contributed by atoms with E-state index >= 15 is 0 Å². The van der Waals surface area contributed by atoms with Gasteiger partial charge >= 0.3 is 0 Å². The van der Waals surface area contributed by atoms with Gasteiger partial charge in [0, 0.05) is 6.54 Å². The summed E-state index contributed by atoms with van der Waals surface area (Å²) in [4.78, 5) is 0. The number of ether oxygens (including phenoxy) is 1. The topological polar surface area (TPSA) is 21.3 Å². The fraction of sp³-hybridized carbons (Fsp3) is 0.625. The van der Waals surface area contributed by atoms with Crippen molar-refractivity contribution >= 4 is 0 Å². The van der Waals surface area contributed by atoms with Crippen LogP contribution in [0.15, 0.2) is 24.3 Å². The molecule has 0 aromatic heterocycles. The van der Waals surface area contributed by atoms with Crippen molar-refractivity contribution in [3.63, 3.8) is 0 Å². The van der Waals surface area contributed by atoms with Crippen molar-refractivity contribution in [3.05, 3.63) is 35.4 Å². The molecule has 2 heteroatoms. The quantitative estimate of drug-likeness (QED) is 0.755. The van der Waals surface area contributed by atoms with Crippen LogP contribution in [0.5, 0.6) is 0 Å². The number of benzene rings is 1. The first-order valence-electron chi connectivity index (χ1n) is 7.10. The van der Waals surface area contributed by atoms with E-state index in [9.17, 15) is 0 Å². The predicted molar refractivity (Wildman–Crippen MR) is 77.9 cm³/mol. The highest BCUT2D eigenvalue weighted by Crippen LogP contribution is 2.20. The van der Waals surface area contributed by atoms with E-state index in [0.717, 1.165) is 19.5 Å². The average molecular weight is 249 g/mol. The molecule has 0 bridgehead atoms. The molecule has 0 aliphatic rings. The normalized spacial score (nSPS) is 14.4. The minimum absolute atomic E-state index is 0.159. The number of aryl methyl sites for hydroxylation is 1. The maximum absolute atomic E-state index is 6.16. The minimum atomic E-state index is 0.159. The fourth-order valence-corrected chi connectivity index (χ4v) is 2.06. The van der Waals surface area contributed by atoms with Crippen LogP contribution in [0, 0.1) is 6.92 Å². The smallest absolute Gasteiger partial charge is 0.0952 e. The molecule has 1 rings (SSSR count). The Bertz CT molecular complexity index is 320. The summed E-state index contributed by atoms with van der Waals surface area (Å²) in [5.41, 5.74) is 2.56. The van der Waals surface area contributed by atoms with E-state index < -0.39 is 0 Å². The number of likely N-dealkylation sites (N-methyl/N-ethyl adjacent to an activating group) is 1. The zero-order chi connectivity index (χ0) is 13.4. The van der Waals surface area contributed by atoms with Crippen molar-refractivity contribution in [2.45, 2.75) is 52.7 Å². The largest absolute Gasteiger partial charge is 0.369 e. The van der Waals surface area contributed by atoms with Crippen molar-refractivity contribution in [3.8, 4) is 0 Å². The van der Waals surface area contributed by atoms with E-state index in [2.05, 4.69) is 57.3 Å². The van der Waals surface area contributed by atoms with E-state index in [1.165, 1.54) is 17.5 Å². The molecule has 18 heavy (non-hydrogen) atoms. The van der Waals surface area contributed by atoms with Crippen molar-refractivity contribution in [1.82, 2.24) is 5.32 Å². The van der Waals surface area contributed by atoms with E-state index in [-0.39, 0.29) is 6.10 Å². The van der Waals surface area contributed by atoms with Crippen molar-refractivity contribution < 1.29 is 4.74 Å². The lowest BCUT2D eigenvalue weighted by molar-refractivity contribution is -0.00697. The van der Waals surface area contributed by atoms with Gasteiger partial charge in [0.2, 0.25) is 0 Å². The second kappa shape index (κ2) is 8.28. The Labute approximate surface area is 112 Å². The summed E-state index contributed by atoms with van der Waals surface area (Å²) in [6.45, 7) is 10.5. The molecule has 0 spiro atoms. The van der Waals surface area contributed by atoms with Gasteiger partial charge in [0.05, 0.1) is 12.2 Å². The van der Waals surface area contributed by atoms with Crippen LogP contribution in [-0.2, 0) is 4.74 Å². The Morgan fingerprint density at radius 3 is 2.39 bits per heavy atom. The Balaban J connectivity index is 2.67. The molecule has 1 N–H and O–H groups in total. The highest BCUT2D eigenvalue weighted by molar-refractivity contribution is 5.23. The zero-order valence-corrected chi connectivity index (χ0v) is 12.2. The molecule has 0 saturated heterocycles. The molecule has 0 aliphatic heterocycles. The lowest BCUT2D eigenvalue weighted by Gasteiger charge is -2.23. The maximum Gasteiger partial charge on any atom is 0.0952 e. The fourth-order valence-electron chi connectivity index (χ4n) is 2.06. The summed E-state index contributed by atoms with van der Waals surface area (Å²) in [5, 5.41) is 3.38.